The van der Waals surface area contributed by atoms with Gasteiger partial charge in [-0.2, -0.15) is 5.26 Å². The zero-order valence-electron chi connectivity index (χ0n) is 6.25. The second kappa shape index (κ2) is 3.00. The number of rotatable bonds is 0. The number of likely N-dealkylation sites (N-methyl/N-ethyl adjacent to an activating group) is 1. The van der Waals surface area contributed by atoms with E-state index >= 15 is 0 Å². The Kier molecular flexibility index (Phi) is 2.25. The molecule has 0 amide bonds. The summed E-state index contributed by atoms with van der Waals surface area (Å²) in [6.07, 6.45) is 0.925. The van der Waals surface area contributed by atoms with Gasteiger partial charge in [-0.25, -0.2) is 0 Å². The van der Waals surface area contributed by atoms with Crippen LogP contribution in [0, 0.1) is 17.2 Å². The fourth-order valence-electron chi connectivity index (χ4n) is 1.31. The first-order valence-corrected chi connectivity index (χ1v) is 3.58. The molecule has 0 radical (unpaired) electrons. The number of nitrogens with zero attached hydrogens (tertiary/aromatic N) is 2. The summed E-state index contributed by atoms with van der Waals surface area (Å²) in [5, 5.41) is 8.60. The maximum atomic E-state index is 8.60. The van der Waals surface area contributed by atoms with E-state index in [1.807, 2.05) is 7.05 Å². The predicted molar refractivity (Wildman–Crippen MR) is 39.2 cm³/mol. The van der Waals surface area contributed by atoms with Crippen molar-refractivity contribution in [3.05, 3.63) is 0 Å². The molecule has 0 bridgehead atoms. The fraction of sp³-hybridized carbons (Fsp3) is 0.857. The highest BCUT2D eigenvalue weighted by Crippen LogP contribution is 2.13. The van der Waals surface area contributed by atoms with Gasteiger partial charge in [-0.15, -0.1) is 0 Å². The first-order valence-electron chi connectivity index (χ1n) is 3.58. The van der Waals surface area contributed by atoms with Crippen molar-refractivity contribution in [1.82, 2.24) is 4.90 Å². The Balaban J connectivity index is 2.45. The van der Waals surface area contributed by atoms with E-state index in [1.165, 1.54) is 0 Å². The molecule has 3 nitrogen and oxygen atoms in total. The summed E-state index contributed by atoms with van der Waals surface area (Å²) in [5.41, 5.74) is 5.72. The molecule has 1 saturated heterocycles. The molecule has 0 spiro atoms. The molecule has 3 heteroatoms. The Bertz CT molecular complexity index is 149. The summed E-state index contributed by atoms with van der Waals surface area (Å²) in [4.78, 5) is 2.17. The predicted octanol–water partition coefficient (Wildman–Crippen LogP) is -0.211. The number of nitriles is 1. The first kappa shape index (κ1) is 7.52. The third-order valence-electron chi connectivity index (χ3n) is 2.03. The normalized spacial score (nSPS) is 35.3. The van der Waals surface area contributed by atoms with Gasteiger partial charge in [0.2, 0.25) is 0 Å². The zero-order chi connectivity index (χ0) is 7.56. The highest BCUT2D eigenvalue weighted by atomic mass is 15.1. The highest BCUT2D eigenvalue weighted by Gasteiger charge is 2.23. The molecule has 1 heterocycles. The summed E-state index contributed by atoms with van der Waals surface area (Å²) in [6, 6.07) is 2.28. The largest absolute Gasteiger partial charge is 0.325 e. The van der Waals surface area contributed by atoms with E-state index in [2.05, 4.69) is 11.0 Å². The second-order valence-corrected chi connectivity index (χ2v) is 2.95. The lowest BCUT2D eigenvalue weighted by molar-refractivity contribution is 0.219. The molecule has 0 unspecified atom stereocenters. The van der Waals surface area contributed by atoms with Crippen molar-refractivity contribution in [2.45, 2.75) is 12.5 Å². The van der Waals surface area contributed by atoms with E-state index in [-0.39, 0.29) is 12.0 Å². The van der Waals surface area contributed by atoms with E-state index in [0.717, 1.165) is 19.5 Å². The maximum Gasteiger partial charge on any atom is 0.0673 e. The van der Waals surface area contributed by atoms with Crippen LogP contribution in [-0.2, 0) is 0 Å². The summed E-state index contributed by atoms with van der Waals surface area (Å²) in [7, 11) is 2.04. The molecule has 1 rings (SSSR count). The van der Waals surface area contributed by atoms with E-state index in [9.17, 15) is 0 Å². The lowest BCUT2D eigenvalue weighted by Gasteiger charge is -2.30. The van der Waals surface area contributed by atoms with Crippen LogP contribution in [0.1, 0.15) is 6.42 Å². The van der Waals surface area contributed by atoms with Crippen molar-refractivity contribution in [2.24, 2.45) is 11.7 Å². The lowest BCUT2D eigenvalue weighted by atomic mass is 9.94. The molecule has 1 fully saturated rings. The Morgan fingerprint density at radius 1 is 1.70 bits per heavy atom. The average Bonchev–Trinajstić information content (AvgIpc) is 1.88. The molecule has 0 saturated carbocycles. The van der Waals surface area contributed by atoms with Gasteiger partial charge in [-0.1, -0.05) is 0 Å². The Labute approximate surface area is 61.4 Å². The molecular formula is C7H13N3. The molecule has 10 heavy (non-hydrogen) atoms. The van der Waals surface area contributed by atoms with Gasteiger partial charge in [0.25, 0.3) is 0 Å². The quantitative estimate of drug-likeness (QED) is 0.505. The van der Waals surface area contributed by atoms with Gasteiger partial charge in [0, 0.05) is 12.6 Å². The minimum absolute atomic E-state index is 0.0590. The number of likely N-dealkylation sites (tertiary alicyclic amines) is 1. The van der Waals surface area contributed by atoms with Crippen LogP contribution in [-0.4, -0.2) is 31.1 Å². The fourth-order valence-corrected chi connectivity index (χ4v) is 1.31. The van der Waals surface area contributed by atoms with E-state index in [1.54, 1.807) is 0 Å². The Morgan fingerprint density at radius 2 is 2.40 bits per heavy atom. The van der Waals surface area contributed by atoms with Crippen molar-refractivity contribution >= 4 is 0 Å². The Hall–Kier alpha value is -0.590. The standard InChI is InChI=1S/C7H13N3/c1-10-3-2-6(4-8)7(9)5-10/h6-7H,2-3,5,9H2,1H3/t6-,7-/m1/s1. The maximum absolute atomic E-state index is 8.60. The summed E-state index contributed by atoms with van der Waals surface area (Å²) in [6.45, 7) is 1.87. The molecule has 0 aromatic rings. The minimum Gasteiger partial charge on any atom is -0.325 e. The zero-order valence-corrected chi connectivity index (χ0v) is 6.25. The molecule has 0 aliphatic carbocycles. The monoisotopic (exact) mass is 139 g/mol. The van der Waals surface area contributed by atoms with Crippen LogP contribution in [0.4, 0.5) is 0 Å². The topological polar surface area (TPSA) is 53.0 Å². The van der Waals surface area contributed by atoms with Gasteiger partial charge >= 0.3 is 0 Å². The van der Waals surface area contributed by atoms with Crippen LogP contribution in [0.2, 0.25) is 0 Å². The molecule has 2 N–H and O–H groups in total. The molecule has 0 aromatic heterocycles. The smallest absolute Gasteiger partial charge is 0.0673 e. The van der Waals surface area contributed by atoms with Crippen molar-refractivity contribution in [2.75, 3.05) is 20.1 Å². The lowest BCUT2D eigenvalue weighted by Crippen LogP contribution is -2.46. The van der Waals surface area contributed by atoms with Crippen LogP contribution >= 0.6 is 0 Å². The molecule has 1 aliphatic heterocycles. The first-order chi connectivity index (χ1) is 4.74. The number of piperidine rings is 1. The summed E-state index contributed by atoms with van der Waals surface area (Å²) in [5.74, 6) is 0.0798. The van der Waals surface area contributed by atoms with Crippen LogP contribution in [0.25, 0.3) is 0 Å². The summed E-state index contributed by atoms with van der Waals surface area (Å²) < 4.78 is 0. The Morgan fingerprint density at radius 3 is 2.90 bits per heavy atom. The minimum atomic E-state index is 0.0590. The molecule has 0 aromatic carbocycles. The second-order valence-electron chi connectivity index (χ2n) is 2.95. The van der Waals surface area contributed by atoms with Gasteiger partial charge < -0.3 is 10.6 Å². The van der Waals surface area contributed by atoms with E-state index in [4.69, 9.17) is 11.0 Å². The molecule has 1 aliphatic rings. The molecule has 2 atom stereocenters. The van der Waals surface area contributed by atoms with Crippen molar-refractivity contribution < 1.29 is 0 Å². The number of hydrogen-bond donors (Lipinski definition) is 1. The van der Waals surface area contributed by atoms with Gasteiger partial charge in [-0.3, -0.25) is 0 Å². The van der Waals surface area contributed by atoms with E-state index in [0.29, 0.717) is 0 Å². The molecular weight excluding hydrogens is 126 g/mol. The third kappa shape index (κ3) is 1.47. The van der Waals surface area contributed by atoms with Crippen LogP contribution in [0.5, 0.6) is 0 Å². The third-order valence-corrected chi connectivity index (χ3v) is 2.03. The number of hydrogen-bond acceptors (Lipinski definition) is 3. The van der Waals surface area contributed by atoms with Crippen LogP contribution in [0.3, 0.4) is 0 Å². The van der Waals surface area contributed by atoms with Crippen molar-refractivity contribution in [1.29, 1.82) is 5.26 Å². The van der Waals surface area contributed by atoms with E-state index < -0.39 is 0 Å². The highest BCUT2D eigenvalue weighted by molar-refractivity contribution is 4.94. The van der Waals surface area contributed by atoms with Crippen molar-refractivity contribution in [3.63, 3.8) is 0 Å². The average molecular weight is 139 g/mol. The SMILES string of the molecule is CN1CC[C@H](C#N)[C@H](N)C1. The van der Waals surface area contributed by atoms with Gasteiger partial charge in [0.05, 0.1) is 12.0 Å². The van der Waals surface area contributed by atoms with Gasteiger partial charge in [0.15, 0.2) is 0 Å². The van der Waals surface area contributed by atoms with Crippen LogP contribution in [0.15, 0.2) is 0 Å². The molecule has 56 valence electrons. The number of nitrogens with two attached hydrogens (primary N) is 1. The van der Waals surface area contributed by atoms with Crippen LogP contribution < -0.4 is 5.73 Å². The summed E-state index contributed by atoms with van der Waals surface area (Å²) >= 11 is 0. The van der Waals surface area contributed by atoms with Crippen molar-refractivity contribution in [3.8, 4) is 6.07 Å². The van der Waals surface area contributed by atoms with Gasteiger partial charge in [-0.05, 0) is 20.0 Å². The van der Waals surface area contributed by atoms with Gasteiger partial charge in [0.1, 0.15) is 0 Å².